The number of rotatable bonds is 9. The molecule has 212 valence electrons. The molecule has 0 radical (unpaired) electrons. The Morgan fingerprint density at radius 1 is 1.12 bits per heavy atom. The first-order chi connectivity index (χ1) is 20.0. The lowest BCUT2D eigenvalue weighted by atomic mass is 9.94. The van der Waals surface area contributed by atoms with Crippen LogP contribution >= 0.6 is 0 Å². The molecule has 0 spiro atoms. The first-order valence-electron chi connectivity index (χ1n) is 14.5. The summed E-state index contributed by atoms with van der Waals surface area (Å²) in [4.78, 5) is 25.0. The van der Waals surface area contributed by atoms with Gasteiger partial charge >= 0.3 is 0 Å². The molecule has 5 heterocycles. The maximum Gasteiger partial charge on any atom is 0.274 e. The van der Waals surface area contributed by atoms with Gasteiger partial charge in [0.1, 0.15) is 17.1 Å². The minimum Gasteiger partial charge on any atom is -0.493 e. The molecule has 1 aliphatic rings. The highest BCUT2D eigenvalue weighted by Crippen LogP contribution is 2.29. The SMILES string of the molecule is CCc1nn(Cc2cccc(C)n2)c2cccc(NC(=O)c3cnc4cc(OCCC5CCN(C)CC5)ccn34)c12. The number of carbonyl (C=O) groups is 1. The monoisotopic (exact) mass is 551 g/mol. The number of fused-ring (bicyclic) bond motifs is 2. The second kappa shape index (κ2) is 11.7. The molecule has 1 amide bonds. The van der Waals surface area contributed by atoms with Crippen LogP contribution in [0.4, 0.5) is 5.69 Å². The molecule has 1 aromatic carbocycles. The van der Waals surface area contributed by atoms with Crippen molar-refractivity contribution in [2.75, 3.05) is 32.1 Å². The van der Waals surface area contributed by atoms with Gasteiger partial charge in [-0.1, -0.05) is 19.1 Å². The fourth-order valence-electron chi connectivity index (χ4n) is 5.72. The molecule has 0 aliphatic carbocycles. The van der Waals surface area contributed by atoms with Gasteiger partial charge in [0.25, 0.3) is 5.91 Å². The normalized spacial score (nSPS) is 14.6. The molecule has 5 aromatic rings. The summed E-state index contributed by atoms with van der Waals surface area (Å²) in [6.07, 6.45) is 7.73. The molecular weight excluding hydrogens is 514 g/mol. The summed E-state index contributed by atoms with van der Waals surface area (Å²) >= 11 is 0. The molecule has 1 saturated heterocycles. The predicted octanol–water partition coefficient (Wildman–Crippen LogP) is 5.36. The van der Waals surface area contributed by atoms with E-state index < -0.39 is 0 Å². The van der Waals surface area contributed by atoms with Crippen LogP contribution in [0, 0.1) is 12.8 Å². The van der Waals surface area contributed by atoms with Crippen LogP contribution in [0.3, 0.4) is 0 Å². The average Bonchev–Trinajstić information content (AvgIpc) is 3.56. The molecule has 0 atom stereocenters. The number of hydrogen-bond acceptors (Lipinski definition) is 6. The van der Waals surface area contributed by atoms with E-state index in [0.717, 1.165) is 71.3 Å². The third-order valence-corrected chi connectivity index (χ3v) is 8.04. The van der Waals surface area contributed by atoms with Crippen molar-refractivity contribution in [3.63, 3.8) is 0 Å². The van der Waals surface area contributed by atoms with E-state index >= 15 is 0 Å². The van der Waals surface area contributed by atoms with Gasteiger partial charge in [0.05, 0.1) is 41.9 Å². The van der Waals surface area contributed by atoms with Crippen LogP contribution < -0.4 is 10.1 Å². The van der Waals surface area contributed by atoms with Crippen LogP contribution in [0.5, 0.6) is 5.75 Å². The van der Waals surface area contributed by atoms with Gasteiger partial charge < -0.3 is 15.0 Å². The highest BCUT2D eigenvalue weighted by molar-refractivity contribution is 6.08. The van der Waals surface area contributed by atoms with Gasteiger partial charge in [0.2, 0.25) is 0 Å². The lowest BCUT2D eigenvalue weighted by Crippen LogP contribution is -2.30. The number of benzene rings is 1. The minimum atomic E-state index is -0.226. The Morgan fingerprint density at radius 2 is 1.95 bits per heavy atom. The van der Waals surface area contributed by atoms with E-state index in [0.29, 0.717) is 24.5 Å². The number of piperidine rings is 1. The number of hydrogen-bond donors (Lipinski definition) is 1. The Hall–Kier alpha value is -4.24. The number of nitrogens with zero attached hydrogens (tertiary/aromatic N) is 6. The van der Waals surface area contributed by atoms with E-state index in [4.69, 9.17) is 9.84 Å². The summed E-state index contributed by atoms with van der Waals surface area (Å²) in [5.41, 5.74) is 5.69. The number of pyridine rings is 2. The third-order valence-electron chi connectivity index (χ3n) is 8.04. The second-order valence-electron chi connectivity index (χ2n) is 11.0. The van der Waals surface area contributed by atoms with Gasteiger partial charge in [-0.3, -0.25) is 18.9 Å². The van der Waals surface area contributed by atoms with Crippen molar-refractivity contribution in [3.8, 4) is 5.75 Å². The molecule has 4 aromatic heterocycles. The number of likely N-dealkylation sites (tertiary alicyclic amines) is 1. The van der Waals surface area contributed by atoms with Crippen molar-refractivity contribution in [2.45, 2.75) is 46.1 Å². The quantitative estimate of drug-likeness (QED) is 0.265. The van der Waals surface area contributed by atoms with Crippen molar-refractivity contribution in [3.05, 3.63) is 83.7 Å². The molecule has 1 aliphatic heterocycles. The molecule has 0 unspecified atom stereocenters. The number of aromatic nitrogens is 5. The summed E-state index contributed by atoms with van der Waals surface area (Å²) in [6.45, 7) is 7.64. The van der Waals surface area contributed by atoms with Gasteiger partial charge in [0, 0.05) is 23.3 Å². The van der Waals surface area contributed by atoms with Crippen molar-refractivity contribution in [2.24, 2.45) is 5.92 Å². The molecule has 0 saturated carbocycles. The average molecular weight is 552 g/mol. The number of nitrogens with one attached hydrogen (secondary N) is 1. The Bertz CT molecular complexity index is 1680. The number of anilines is 1. The largest absolute Gasteiger partial charge is 0.493 e. The predicted molar refractivity (Wildman–Crippen MR) is 161 cm³/mol. The Morgan fingerprint density at radius 3 is 2.76 bits per heavy atom. The number of aryl methyl sites for hydroxylation is 2. The minimum absolute atomic E-state index is 0.226. The molecular formula is C32H37N7O2. The van der Waals surface area contributed by atoms with E-state index in [1.165, 1.54) is 12.8 Å². The standard InChI is InChI=1S/C32H37N7O2/c1-4-26-31-27(9-6-10-28(31)39(36-26)21-24-8-5-7-22(2)34-24)35-32(40)29-20-33-30-19-25(13-17-38(29)30)41-18-14-23-11-15-37(3)16-12-23/h5-10,13,17,19-20,23H,4,11-12,14-16,18,21H2,1-3H3,(H,35,40). The zero-order chi connectivity index (χ0) is 28.3. The summed E-state index contributed by atoms with van der Waals surface area (Å²) in [5.74, 6) is 1.27. The third kappa shape index (κ3) is 5.81. The Labute approximate surface area is 240 Å². The van der Waals surface area contributed by atoms with E-state index in [9.17, 15) is 4.79 Å². The second-order valence-corrected chi connectivity index (χ2v) is 11.0. The first kappa shape index (κ1) is 27.0. The number of carbonyl (C=O) groups excluding carboxylic acids is 1. The van der Waals surface area contributed by atoms with Gasteiger partial charge in [0.15, 0.2) is 0 Å². The molecule has 1 fully saturated rings. The number of amides is 1. The summed E-state index contributed by atoms with van der Waals surface area (Å²) in [7, 11) is 2.18. The molecule has 0 bridgehead atoms. The van der Waals surface area contributed by atoms with Crippen molar-refractivity contribution < 1.29 is 9.53 Å². The maximum atomic E-state index is 13.5. The van der Waals surface area contributed by atoms with Gasteiger partial charge in [-0.25, -0.2) is 4.98 Å². The van der Waals surface area contributed by atoms with E-state index in [1.807, 2.05) is 66.3 Å². The topological polar surface area (TPSA) is 89.6 Å². The van der Waals surface area contributed by atoms with Gasteiger partial charge in [-0.15, -0.1) is 0 Å². The zero-order valence-electron chi connectivity index (χ0n) is 24.0. The molecule has 1 N–H and O–H groups in total. The number of imidazole rings is 1. The highest BCUT2D eigenvalue weighted by Gasteiger charge is 2.19. The molecule has 9 nitrogen and oxygen atoms in total. The van der Waals surface area contributed by atoms with Gasteiger partial charge in [-0.05, 0) is 89.0 Å². The fraction of sp³-hybridized carbons (Fsp3) is 0.375. The smallest absolute Gasteiger partial charge is 0.274 e. The highest BCUT2D eigenvalue weighted by atomic mass is 16.5. The maximum absolute atomic E-state index is 13.5. The molecule has 6 rings (SSSR count). The summed E-state index contributed by atoms with van der Waals surface area (Å²) in [5, 5.41) is 8.95. The first-order valence-corrected chi connectivity index (χ1v) is 14.5. The summed E-state index contributed by atoms with van der Waals surface area (Å²) < 4.78 is 9.82. The van der Waals surface area contributed by atoms with E-state index in [-0.39, 0.29) is 5.91 Å². The van der Waals surface area contributed by atoms with E-state index in [1.54, 1.807) is 10.6 Å². The van der Waals surface area contributed by atoms with Crippen LogP contribution in [-0.4, -0.2) is 61.7 Å². The van der Waals surface area contributed by atoms with E-state index in [2.05, 4.69) is 34.2 Å². The van der Waals surface area contributed by atoms with Gasteiger partial charge in [-0.2, -0.15) is 5.10 Å². The zero-order valence-corrected chi connectivity index (χ0v) is 24.0. The fourth-order valence-corrected chi connectivity index (χ4v) is 5.72. The number of ether oxygens (including phenoxy) is 1. The lowest BCUT2D eigenvalue weighted by Gasteiger charge is -2.28. The molecule has 9 heteroatoms. The van der Waals surface area contributed by atoms with Crippen molar-refractivity contribution in [1.29, 1.82) is 0 Å². The van der Waals surface area contributed by atoms with Crippen molar-refractivity contribution >= 4 is 28.1 Å². The van der Waals surface area contributed by atoms with Crippen LogP contribution in [0.25, 0.3) is 16.6 Å². The Balaban J connectivity index is 1.18. The van der Waals surface area contributed by atoms with Crippen molar-refractivity contribution in [1.82, 2.24) is 29.0 Å². The summed E-state index contributed by atoms with van der Waals surface area (Å²) in [6, 6.07) is 15.7. The van der Waals surface area contributed by atoms with Crippen LogP contribution in [-0.2, 0) is 13.0 Å². The van der Waals surface area contributed by atoms with Crippen LogP contribution in [0.1, 0.15) is 53.8 Å². The van der Waals surface area contributed by atoms with Crippen LogP contribution in [0.15, 0.2) is 60.9 Å². The Kier molecular flexibility index (Phi) is 7.69. The molecule has 41 heavy (non-hydrogen) atoms. The lowest BCUT2D eigenvalue weighted by molar-refractivity contribution is 0.102. The van der Waals surface area contributed by atoms with Crippen LogP contribution in [0.2, 0.25) is 0 Å².